The number of rotatable bonds is 3. The molecule has 1 aromatic carbocycles. The molecule has 16 heavy (non-hydrogen) atoms. The van der Waals surface area contributed by atoms with Gasteiger partial charge in [-0.25, -0.2) is 4.39 Å². The van der Waals surface area contributed by atoms with Crippen LogP contribution < -0.4 is 5.32 Å². The molecule has 1 N–H and O–H groups in total. The van der Waals surface area contributed by atoms with E-state index < -0.39 is 11.7 Å². The summed E-state index contributed by atoms with van der Waals surface area (Å²) < 4.78 is 13.4. The molecule has 0 unspecified atom stereocenters. The Morgan fingerprint density at radius 2 is 2.12 bits per heavy atom. The molecule has 0 aliphatic rings. The Hall–Kier alpha value is -1.09. The van der Waals surface area contributed by atoms with Crippen molar-refractivity contribution in [2.24, 2.45) is 0 Å². The molecule has 0 bridgehead atoms. The summed E-state index contributed by atoms with van der Waals surface area (Å²) in [5, 5.41) is 3.04. The van der Waals surface area contributed by atoms with Crippen molar-refractivity contribution in [2.75, 3.05) is 0 Å². The Morgan fingerprint density at radius 1 is 1.50 bits per heavy atom. The Kier molecular flexibility index (Phi) is 3.92. The average molecular weight is 244 g/mol. The molecule has 0 aromatic heterocycles. The minimum Gasteiger partial charge on any atom is -0.347 e. The van der Waals surface area contributed by atoms with Crippen LogP contribution in [0.2, 0.25) is 5.02 Å². The normalized spacial score (nSPS) is 11.3. The molecule has 0 saturated carbocycles. The Bertz CT molecular complexity index is 404. The van der Waals surface area contributed by atoms with Crippen molar-refractivity contribution < 1.29 is 9.18 Å². The van der Waals surface area contributed by atoms with Gasteiger partial charge in [-0.3, -0.25) is 4.79 Å². The summed E-state index contributed by atoms with van der Waals surface area (Å²) in [4.78, 5) is 11.8. The fraction of sp³-hybridized carbons (Fsp3) is 0.417. The lowest BCUT2D eigenvalue weighted by Gasteiger charge is -2.24. The van der Waals surface area contributed by atoms with E-state index in [-0.39, 0.29) is 16.1 Å². The maximum Gasteiger partial charge on any atom is 0.254 e. The van der Waals surface area contributed by atoms with Gasteiger partial charge in [0.1, 0.15) is 5.82 Å². The van der Waals surface area contributed by atoms with Crippen LogP contribution in [0.4, 0.5) is 4.39 Å². The summed E-state index contributed by atoms with van der Waals surface area (Å²) >= 11 is 5.61. The number of hydrogen-bond donors (Lipinski definition) is 1. The van der Waals surface area contributed by atoms with Gasteiger partial charge in [0.05, 0.1) is 5.56 Å². The van der Waals surface area contributed by atoms with Gasteiger partial charge in [0.25, 0.3) is 5.91 Å². The molecule has 88 valence electrons. The summed E-state index contributed by atoms with van der Waals surface area (Å²) in [6.45, 7) is 5.73. The molecule has 0 aliphatic carbocycles. The summed E-state index contributed by atoms with van der Waals surface area (Å²) in [6.07, 6.45) is 0.772. The molecule has 0 radical (unpaired) electrons. The van der Waals surface area contributed by atoms with Crippen molar-refractivity contribution in [3.63, 3.8) is 0 Å². The molecule has 0 fully saturated rings. The smallest absolute Gasteiger partial charge is 0.254 e. The molecule has 0 saturated heterocycles. The van der Waals surface area contributed by atoms with Gasteiger partial charge in [0.15, 0.2) is 0 Å². The van der Waals surface area contributed by atoms with Crippen molar-refractivity contribution >= 4 is 17.5 Å². The molecule has 1 rings (SSSR count). The number of benzene rings is 1. The Balaban J connectivity index is 2.89. The minimum absolute atomic E-state index is 0.0194. The second-order valence-electron chi connectivity index (χ2n) is 4.32. The van der Waals surface area contributed by atoms with E-state index in [0.717, 1.165) is 12.5 Å². The van der Waals surface area contributed by atoms with Crippen LogP contribution >= 0.6 is 11.6 Å². The van der Waals surface area contributed by atoms with E-state index >= 15 is 0 Å². The number of hydrogen-bond acceptors (Lipinski definition) is 1. The van der Waals surface area contributed by atoms with E-state index in [9.17, 15) is 9.18 Å². The first-order valence-electron chi connectivity index (χ1n) is 5.13. The monoisotopic (exact) mass is 243 g/mol. The lowest BCUT2D eigenvalue weighted by molar-refractivity contribution is 0.0907. The van der Waals surface area contributed by atoms with Gasteiger partial charge in [-0.05, 0) is 38.5 Å². The van der Waals surface area contributed by atoms with Crippen LogP contribution in [0.3, 0.4) is 0 Å². The molecular weight excluding hydrogens is 229 g/mol. The number of carbonyl (C=O) groups excluding carboxylic acids is 1. The summed E-state index contributed by atoms with van der Waals surface area (Å²) in [5.74, 6) is -1.02. The zero-order valence-corrected chi connectivity index (χ0v) is 10.4. The number of carbonyl (C=O) groups is 1. The molecule has 4 heteroatoms. The highest BCUT2D eigenvalue weighted by Gasteiger charge is 2.20. The third kappa shape index (κ3) is 3.20. The van der Waals surface area contributed by atoms with Crippen molar-refractivity contribution in [3.05, 3.63) is 34.6 Å². The van der Waals surface area contributed by atoms with Gasteiger partial charge < -0.3 is 5.32 Å². The van der Waals surface area contributed by atoms with Crippen LogP contribution in [0, 0.1) is 5.82 Å². The predicted octanol–water partition coefficient (Wildman–Crippen LogP) is 3.40. The van der Waals surface area contributed by atoms with E-state index in [2.05, 4.69) is 5.32 Å². The second-order valence-corrected chi connectivity index (χ2v) is 4.75. The third-order valence-electron chi connectivity index (χ3n) is 2.51. The van der Waals surface area contributed by atoms with Crippen LogP contribution in [-0.4, -0.2) is 11.4 Å². The molecule has 1 amide bonds. The number of nitrogens with one attached hydrogen (secondary N) is 1. The van der Waals surface area contributed by atoms with Crippen molar-refractivity contribution in [2.45, 2.75) is 32.7 Å². The van der Waals surface area contributed by atoms with Crippen LogP contribution in [0.1, 0.15) is 37.6 Å². The maximum atomic E-state index is 13.4. The quantitative estimate of drug-likeness (QED) is 0.866. The van der Waals surface area contributed by atoms with Gasteiger partial charge in [0, 0.05) is 10.6 Å². The zero-order valence-electron chi connectivity index (χ0n) is 9.60. The van der Waals surface area contributed by atoms with Crippen LogP contribution in [0.25, 0.3) is 0 Å². The van der Waals surface area contributed by atoms with Gasteiger partial charge in [0.2, 0.25) is 0 Å². The second kappa shape index (κ2) is 4.83. The fourth-order valence-corrected chi connectivity index (χ4v) is 1.30. The van der Waals surface area contributed by atoms with Gasteiger partial charge in [-0.2, -0.15) is 0 Å². The Morgan fingerprint density at radius 3 is 2.62 bits per heavy atom. The Labute approximate surface area is 99.8 Å². The van der Waals surface area contributed by atoms with Crippen molar-refractivity contribution in [1.82, 2.24) is 5.32 Å². The zero-order chi connectivity index (χ0) is 12.3. The highest BCUT2D eigenvalue weighted by Crippen LogP contribution is 2.16. The molecule has 1 aromatic rings. The summed E-state index contributed by atoms with van der Waals surface area (Å²) in [7, 11) is 0. The molecule has 0 aliphatic heterocycles. The molecule has 0 heterocycles. The van der Waals surface area contributed by atoms with E-state index in [0.29, 0.717) is 0 Å². The third-order valence-corrected chi connectivity index (χ3v) is 2.75. The van der Waals surface area contributed by atoms with Gasteiger partial charge in [-0.15, -0.1) is 0 Å². The van der Waals surface area contributed by atoms with Crippen LogP contribution in [-0.2, 0) is 0 Å². The van der Waals surface area contributed by atoms with Gasteiger partial charge in [-0.1, -0.05) is 18.5 Å². The first-order chi connectivity index (χ1) is 7.35. The standard InChI is InChI=1S/C12H15ClFNO/c1-4-12(2,3)15-11(16)9-6-5-8(13)7-10(9)14/h5-7H,4H2,1-3H3,(H,15,16). The van der Waals surface area contributed by atoms with Crippen molar-refractivity contribution in [3.8, 4) is 0 Å². The van der Waals surface area contributed by atoms with E-state index in [4.69, 9.17) is 11.6 Å². The van der Waals surface area contributed by atoms with E-state index in [1.165, 1.54) is 12.1 Å². The van der Waals surface area contributed by atoms with E-state index in [1.807, 2.05) is 20.8 Å². The lowest BCUT2D eigenvalue weighted by Crippen LogP contribution is -2.43. The first kappa shape index (κ1) is 13.0. The SMILES string of the molecule is CCC(C)(C)NC(=O)c1ccc(Cl)cc1F. The lowest BCUT2D eigenvalue weighted by atomic mass is 10.0. The first-order valence-corrected chi connectivity index (χ1v) is 5.51. The molecular formula is C12H15ClFNO. The topological polar surface area (TPSA) is 29.1 Å². The van der Waals surface area contributed by atoms with Crippen LogP contribution in [0.15, 0.2) is 18.2 Å². The highest BCUT2D eigenvalue weighted by molar-refractivity contribution is 6.30. The van der Waals surface area contributed by atoms with Crippen molar-refractivity contribution in [1.29, 1.82) is 0 Å². The molecule has 0 atom stereocenters. The number of amides is 1. The predicted molar refractivity (Wildman–Crippen MR) is 63.2 cm³/mol. The average Bonchev–Trinajstić information content (AvgIpc) is 2.16. The highest BCUT2D eigenvalue weighted by atomic mass is 35.5. The minimum atomic E-state index is -0.600. The summed E-state index contributed by atoms with van der Waals surface area (Å²) in [5.41, 5.74) is -0.325. The number of halogens is 2. The van der Waals surface area contributed by atoms with Gasteiger partial charge >= 0.3 is 0 Å². The largest absolute Gasteiger partial charge is 0.347 e. The van der Waals surface area contributed by atoms with E-state index in [1.54, 1.807) is 0 Å². The van der Waals surface area contributed by atoms with Crippen LogP contribution in [0.5, 0.6) is 0 Å². The maximum absolute atomic E-state index is 13.4. The molecule has 2 nitrogen and oxygen atoms in total. The molecule has 0 spiro atoms. The fourth-order valence-electron chi connectivity index (χ4n) is 1.14. The summed E-state index contributed by atoms with van der Waals surface area (Å²) in [6, 6.07) is 4.02.